The normalized spacial score (nSPS) is 9.86. The van der Waals surface area contributed by atoms with Gasteiger partial charge in [-0.05, 0) is 12.1 Å². The van der Waals surface area contributed by atoms with Crippen LogP contribution < -0.4 is 14.8 Å². The molecule has 116 valence electrons. The third-order valence-electron chi connectivity index (χ3n) is 2.59. The summed E-state index contributed by atoms with van der Waals surface area (Å²) in [6.45, 7) is 0.356. The standard InChI is InChI=1S/C14H19NO6/c1-18-8-7-15-12(16)9-21-14(17)13-10(19-2)5-4-6-11(13)20-3/h4-6H,7-9H2,1-3H3,(H,15,16). The molecule has 0 unspecified atom stereocenters. The van der Waals surface area contributed by atoms with E-state index in [-0.39, 0.29) is 12.2 Å². The van der Waals surface area contributed by atoms with Crippen LogP contribution in [0.5, 0.6) is 11.5 Å². The predicted molar refractivity (Wildman–Crippen MR) is 74.7 cm³/mol. The third-order valence-corrected chi connectivity index (χ3v) is 2.59. The molecule has 0 bridgehead atoms. The van der Waals surface area contributed by atoms with Gasteiger partial charge in [-0.15, -0.1) is 0 Å². The van der Waals surface area contributed by atoms with E-state index < -0.39 is 11.9 Å². The number of methoxy groups -OCH3 is 3. The first kappa shape index (κ1) is 16.8. The minimum atomic E-state index is -0.689. The summed E-state index contributed by atoms with van der Waals surface area (Å²) >= 11 is 0. The second-order valence-corrected chi connectivity index (χ2v) is 3.96. The van der Waals surface area contributed by atoms with Crippen molar-refractivity contribution in [3.05, 3.63) is 23.8 Å². The molecule has 0 saturated carbocycles. The molecule has 1 amide bonds. The highest BCUT2D eigenvalue weighted by Gasteiger charge is 2.20. The first-order chi connectivity index (χ1) is 10.1. The van der Waals surface area contributed by atoms with Crippen LogP contribution >= 0.6 is 0 Å². The number of benzene rings is 1. The lowest BCUT2D eigenvalue weighted by atomic mass is 10.2. The molecule has 1 N–H and O–H groups in total. The minimum absolute atomic E-state index is 0.146. The molecule has 0 saturated heterocycles. The summed E-state index contributed by atoms with van der Waals surface area (Å²) in [4.78, 5) is 23.5. The van der Waals surface area contributed by atoms with Gasteiger partial charge in [0.05, 0.1) is 20.8 Å². The van der Waals surface area contributed by atoms with E-state index in [4.69, 9.17) is 18.9 Å². The van der Waals surface area contributed by atoms with Crippen LogP contribution in [0, 0.1) is 0 Å². The summed E-state index contributed by atoms with van der Waals surface area (Å²) in [6.07, 6.45) is 0. The maximum atomic E-state index is 12.1. The van der Waals surface area contributed by atoms with Crippen LogP contribution in [0.15, 0.2) is 18.2 Å². The Kier molecular flexibility index (Phi) is 7.03. The highest BCUT2D eigenvalue weighted by atomic mass is 16.5. The Morgan fingerprint density at radius 2 is 1.71 bits per heavy atom. The molecular weight excluding hydrogens is 278 g/mol. The summed E-state index contributed by atoms with van der Waals surface area (Å²) in [7, 11) is 4.39. The van der Waals surface area contributed by atoms with Gasteiger partial charge in [0.2, 0.25) is 0 Å². The SMILES string of the molecule is COCCNC(=O)COC(=O)c1c(OC)cccc1OC. The molecule has 0 aliphatic carbocycles. The number of carbonyl (C=O) groups is 2. The lowest BCUT2D eigenvalue weighted by Crippen LogP contribution is -2.31. The zero-order chi connectivity index (χ0) is 15.7. The zero-order valence-corrected chi connectivity index (χ0v) is 12.3. The maximum Gasteiger partial charge on any atom is 0.346 e. The van der Waals surface area contributed by atoms with Crippen molar-refractivity contribution < 1.29 is 28.5 Å². The first-order valence-electron chi connectivity index (χ1n) is 6.27. The smallest absolute Gasteiger partial charge is 0.346 e. The van der Waals surface area contributed by atoms with Crippen molar-refractivity contribution in [3.8, 4) is 11.5 Å². The zero-order valence-electron chi connectivity index (χ0n) is 12.3. The Bertz CT molecular complexity index is 466. The van der Waals surface area contributed by atoms with Gasteiger partial charge in [0.15, 0.2) is 6.61 Å². The number of carbonyl (C=O) groups excluding carboxylic acids is 2. The van der Waals surface area contributed by atoms with Crippen molar-refractivity contribution in [2.24, 2.45) is 0 Å². The molecule has 0 aromatic heterocycles. The second kappa shape index (κ2) is 8.80. The third kappa shape index (κ3) is 4.96. The van der Waals surface area contributed by atoms with E-state index in [1.165, 1.54) is 21.3 Å². The van der Waals surface area contributed by atoms with E-state index >= 15 is 0 Å². The van der Waals surface area contributed by atoms with Crippen molar-refractivity contribution in [1.29, 1.82) is 0 Å². The number of nitrogens with one attached hydrogen (secondary N) is 1. The van der Waals surface area contributed by atoms with Crippen LogP contribution in [0.25, 0.3) is 0 Å². The van der Waals surface area contributed by atoms with Crippen LogP contribution in [0.3, 0.4) is 0 Å². The van der Waals surface area contributed by atoms with E-state index in [1.54, 1.807) is 18.2 Å². The van der Waals surface area contributed by atoms with Crippen LogP contribution in [0.2, 0.25) is 0 Å². The summed E-state index contributed by atoms with van der Waals surface area (Å²) in [5, 5.41) is 2.54. The number of ether oxygens (including phenoxy) is 4. The molecule has 1 aromatic carbocycles. The lowest BCUT2D eigenvalue weighted by molar-refractivity contribution is -0.124. The number of hydrogen-bond acceptors (Lipinski definition) is 6. The fraction of sp³-hybridized carbons (Fsp3) is 0.429. The summed E-state index contributed by atoms with van der Waals surface area (Å²) in [6, 6.07) is 4.90. The molecule has 1 rings (SSSR count). The van der Waals surface area contributed by atoms with Crippen LogP contribution in [-0.2, 0) is 14.3 Å². The predicted octanol–water partition coefficient (Wildman–Crippen LogP) is 0.623. The van der Waals surface area contributed by atoms with E-state index in [9.17, 15) is 9.59 Å². The maximum absolute atomic E-state index is 12.1. The van der Waals surface area contributed by atoms with Gasteiger partial charge < -0.3 is 24.3 Å². The van der Waals surface area contributed by atoms with Crippen LogP contribution in [0.4, 0.5) is 0 Å². The summed E-state index contributed by atoms with van der Waals surface area (Å²) in [5.74, 6) is -0.460. The topological polar surface area (TPSA) is 83.1 Å². The molecule has 1 aromatic rings. The van der Waals surface area contributed by atoms with Gasteiger partial charge in [0.25, 0.3) is 5.91 Å². The van der Waals surface area contributed by atoms with Crippen molar-refractivity contribution in [2.75, 3.05) is 41.1 Å². The molecule has 0 atom stereocenters. The highest BCUT2D eigenvalue weighted by molar-refractivity contribution is 5.96. The van der Waals surface area contributed by atoms with Gasteiger partial charge in [0, 0.05) is 13.7 Å². The Balaban J connectivity index is 2.65. The monoisotopic (exact) mass is 297 g/mol. The fourth-order valence-electron chi connectivity index (χ4n) is 1.60. The lowest BCUT2D eigenvalue weighted by Gasteiger charge is -2.12. The average molecular weight is 297 g/mol. The second-order valence-electron chi connectivity index (χ2n) is 3.96. The van der Waals surface area contributed by atoms with Gasteiger partial charge >= 0.3 is 5.97 Å². The Labute approximate surface area is 123 Å². The Morgan fingerprint density at radius 3 is 2.24 bits per heavy atom. The first-order valence-corrected chi connectivity index (χ1v) is 6.27. The number of amides is 1. The van der Waals surface area contributed by atoms with E-state index in [0.29, 0.717) is 24.7 Å². The minimum Gasteiger partial charge on any atom is -0.496 e. The van der Waals surface area contributed by atoms with Crippen LogP contribution in [-0.4, -0.2) is 53.0 Å². The van der Waals surface area contributed by atoms with E-state index in [1.807, 2.05) is 0 Å². The largest absolute Gasteiger partial charge is 0.496 e. The fourth-order valence-corrected chi connectivity index (χ4v) is 1.60. The molecule has 0 heterocycles. The summed E-state index contributed by atoms with van der Waals surface area (Å²) < 4.78 is 19.9. The van der Waals surface area contributed by atoms with Gasteiger partial charge in [-0.25, -0.2) is 4.79 Å². The van der Waals surface area contributed by atoms with Gasteiger partial charge in [-0.3, -0.25) is 4.79 Å². The molecule has 0 spiro atoms. The molecular formula is C14H19NO6. The van der Waals surface area contributed by atoms with Gasteiger partial charge in [-0.2, -0.15) is 0 Å². The summed E-state index contributed by atoms with van der Waals surface area (Å²) in [5.41, 5.74) is 0.146. The average Bonchev–Trinajstić information content (AvgIpc) is 2.51. The van der Waals surface area contributed by atoms with Crippen molar-refractivity contribution >= 4 is 11.9 Å². The van der Waals surface area contributed by atoms with Crippen molar-refractivity contribution in [2.45, 2.75) is 0 Å². The number of hydrogen-bond donors (Lipinski definition) is 1. The van der Waals surface area contributed by atoms with Crippen molar-refractivity contribution in [1.82, 2.24) is 5.32 Å². The van der Waals surface area contributed by atoms with Gasteiger partial charge in [-0.1, -0.05) is 6.07 Å². The molecule has 7 heteroatoms. The van der Waals surface area contributed by atoms with E-state index in [0.717, 1.165) is 0 Å². The van der Waals surface area contributed by atoms with Crippen molar-refractivity contribution in [3.63, 3.8) is 0 Å². The van der Waals surface area contributed by atoms with E-state index in [2.05, 4.69) is 5.32 Å². The Morgan fingerprint density at radius 1 is 1.10 bits per heavy atom. The quantitative estimate of drug-likeness (QED) is 0.559. The highest BCUT2D eigenvalue weighted by Crippen LogP contribution is 2.28. The van der Waals surface area contributed by atoms with Gasteiger partial charge in [0.1, 0.15) is 17.1 Å². The molecule has 0 fully saturated rings. The molecule has 7 nitrogen and oxygen atoms in total. The number of rotatable bonds is 8. The molecule has 21 heavy (non-hydrogen) atoms. The molecule has 0 aliphatic heterocycles. The number of esters is 1. The van der Waals surface area contributed by atoms with Crippen LogP contribution in [0.1, 0.15) is 10.4 Å². The molecule has 0 radical (unpaired) electrons. The molecule has 0 aliphatic rings. The Hall–Kier alpha value is -2.28.